The number of carbonyl (C=O) groups is 1. The van der Waals surface area contributed by atoms with Crippen molar-refractivity contribution in [2.75, 3.05) is 5.73 Å². The van der Waals surface area contributed by atoms with E-state index in [1.54, 1.807) is 0 Å². The van der Waals surface area contributed by atoms with Gasteiger partial charge in [0.2, 0.25) is 0 Å². The van der Waals surface area contributed by atoms with E-state index in [4.69, 9.17) is 15.7 Å². The first-order valence-electron chi connectivity index (χ1n) is 9.40. The number of amides is 1. The predicted molar refractivity (Wildman–Crippen MR) is 104 cm³/mol. The van der Waals surface area contributed by atoms with Crippen molar-refractivity contribution in [3.05, 3.63) is 29.8 Å². The zero-order chi connectivity index (χ0) is 18.3. The van der Waals surface area contributed by atoms with Crippen LogP contribution < -0.4 is 11.1 Å². The highest BCUT2D eigenvalue weighted by Crippen LogP contribution is 2.29. The van der Waals surface area contributed by atoms with Crippen molar-refractivity contribution in [3.63, 3.8) is 0 Å². The number of carbonyl (C=O) groups excluding carboxylic acids is 1. The number of nitrogens with two attached hydrogens (primary N) is 1. The van der Waals surface area contributed by atoms with E-state index in [0.717, 1.165) is 23.9 Å². The fourth-order valence-electron chi connectivity index (χ4n) is 3.82. The number of nitrogens with zero attached hydrogens (tertiary/aromatic N) is 3. The number of nitrogens with one attached hydrogen (secondary N) is 1. The molecule has 1 amide bonds. The van der Waals surface area contributed by atoms with Crippen molar-refractivity contribution < 1.29 is 4.79 Å². The molecule has 0 saturated heterocycles. The normalized spacial score (nSPS) is 15.3. The average Bonchev–Trinajstić information content (AvgIpc) is 3.20. The van der Waals surface area contributed by atoms with Crippen molar-refractivity contribution in [1.29, 1.82) is 0 Å². The number of hydrogen-bond acceptors (Lipinski definition) is 4. The van der Waals surface area contributed by atoms with Crippen LogP contribution in [0.5, 0.6) is 0 Å². The van der Waals surface area contributed by atoms with Crippen LogP contribution in [0.25, 0.3) is 22.2 Å². The van der Waals surface area contributed by atoms with Gasteiger partial charge in [-0.3, -0.25) is 4.79 Å². The van der Waals surface area contributed by atoms with Gasteiger partial charge in [-0.2, -0.15) is 0 Å². The van der Waals surface area contributed by atoms with Crippen LogP contribution in [0.2, 0.25) is 0 Å². The Morgan fingerprint density at radius 2 is 1.88 bits per heavy atom. The van der Waals surface area contributed by atoms with Crippen LogP contribution in [-0.4, -0.2) is 26.5 Å². The van der Waals surface area contributed by atoms with Gasteiger partial charge in [-0.1, -0.05) is 38.8 Å². The molecule has 6 heteroatoms. The van der Waals surface area contributed by atoms with Crippen LogP contribution in [0.4, 0.5) is 5.82 Å². The van der Waals surface area contributed by atoms with Crippen LogP contribution in [0, 0.1) is 5.92 Å². The molecule has 1 fully saturated rings. The Morgan fingerprint density at radius 3 is 2.54 bits per heavy atom. The number of anilines is 1. The lowest BCUT2D eigenvalue weighted by molar-refractivity contribution is 0.0940. The van der Waals surface area contributed by atoms with Gasteiger partial charge in [0.15, 0.2) is 5.65 Å². The summed E-state index contributed by atoms with van der Waals surface area (Å²) in [5, 5.41) is 3.14. The zero-order valence-corrected chi connectivity index (χ0v) is 15.3. The number of hydrogen-bond donors (Lipinski definition) is 2. The lowest BCUT2D eigenvalue weighted by atomic mass is 10.2. The summed E-state index contributed by atoms with van der Waals surface area (Å²) >= 11 is 0. The Kier molecular flexibility index (Phi) is 4.26. The third-order valence-corrected chi connectivity index (χ3v) is 5.06. The largest absolute Gasteiger partial charge is 0.384 e. The summed E-state index contributed by atoms with van der Waals surface area (Å²) in [6.45, 7) is 4.95. The first kappa shape index (κ1) is 16.8. The van der Waals surface area contributed by atoms with Gasteiger partial charge >= 0.3 is 0 Å². The van der Waals surface area contributed by atoms with E-state index in [0.29, 0.717) is 35.0 Å². The molecule has 1 aromatic carbocycles. The second-order valence-corrected chi connectivity index (χ2v) is 7.60. The molecule has 1 saturated carbocycles. The lowest BCUT2D eigenvalue weighted by Gasteiger charge is -2.12. The smallest absolute Gasteiger partial charge is 0.257 e. The van der Waals surface area contributed by atoms with Gasteiger partial charge in [0.1, 0.15) is 16.9 Å². The van der Waals surface area contributed by atoms with Crippen LogP contribution in [-0.2, 0) is 6.54 Å². The standard InChI is InChI=1S/C20H25N5O/c1-12(2)11-25-18(21)16(20(26)22-13-7-3-4-8-13)17-19(25)24-15-10-6-5-9-14(15)23-17/h5-6,9-10,12-13H,3-4,7-8,11,21H2,1-2H3,(H,22,26). The summed E-state index contributed by atoms with van der Waals surface area (Å²) in [7, 11) is 0. The second-order valence-electron chi connectivity index (χ2n) is 7.60. The lowest BCUT2D eigenvalue weighted by Crippen LogP contribution is -2.33. The first-order chi connectivity index (χ1) is 12.5. The molecule has 0 spiro atoms. The fraction of sp³-hybridized carbons (Fsp3) is 0.450. The van der Waals surface area contributed by atoms with Crippen LogP contribution in [0.3, 0.4) is 0 Å². The van der Waals surface area contributed by atoms with Crippen molar-refractivity contribution in [3.8, 4) is 0 Å². The van der Waals surface area contributed by atoms with Crippen LogP contribution in [0.15, 0.2) is 24.3 Å². The summed E-state index contributed by atoms with van der Waals surface area (Å²) in [5.74, 6) is 0.706. The van der Waals surface area contributed by atoms with E-state index in [1.165, 1.54) is 12.8 Å². The molecule has 0 aliphatic heterocycles. The molecule has 1 aliphatic rings. The Labute approximate surface area is 152 Å². The third-order valence-electron chi connectivity index (χ3n) is 5.06. The Hall–Kier alpha value is -2.63. The Bertz CT molecular complexity index is 969. The fourth-order valence-corrected chi connectivity index (χ4v) is 3.82. The van der Waals surface area contributed by atoms with Crippen molar-refractivity contribution in [1.82, 2.24) is 19.9 Å². The van der Waals surface area contributed by atoms with Crippen molar-refractivity contribution in [2.24, 2.45) is 5.92 Å². The average molecular weight is 351 g/mol. The summed E-state index contributed by atoms with van der Waals surface area (Å²) in [4.78, 5) is 22.5. The Balaban J connectivity index is 1.88. The molecule has 0 bridgehead atoms. The van der Waals surface area contributed by atoms with Crippen LogP contribution in [0.1, 0.15) is 49.9 Å². The number of aromatic nitrogens is 3. The highest BCUT2D eigenvalue weighted by molar-refractivity contribution is 6.10. The second kappa shape index (κ2) is 6.59. The van der Waals surface area contributed by atoms with E-state index in [9.17, 15) is 4.79 Å². The third kappa shape index (κ3) is 2.89. The molecule has 0 unspecified atom stereocenters. The first-order valence-corrected chi connectivity index (χ1v) is 9.40. The maximum Gasteiger partial charge on any atom is 0.257 e. The number of rotatable bonds is 4. The maximum atomic E-state index is 13.0. The molecule has 136 valence electrons. The SMILES string of the molecule is CC(C)Cn1c(N)c(C(=O)NC2CCCC2)c2nc3ccccc3nc21. The van der Waals surface area contributed by atoms with Gasteiger partial charge in [0.25, 0.3) is 5.91 Å². The predicted octanol–water partition coefficient (Wildman–Crippen LogP) is 3.50. The molecule has 6 nitrogen and oxygen atoms in total. The van der Waals surface area contributed by atoms with E-state index >= 15 is 0 Å². The van der Waals surface area contributed by atoms with Crippen LogP contribution >= 0.6 is 0 Å². The molecule has 0 radical (unpaired) electrons. The van der Waals surface area contributed by atoms with Gasteiger partial charge in [0, 0.05) is 12.6 Å². The topological polar surface area (TPSA) is 85.8 Å². The minimum Gasteiger partial charge on any atom is -0.384 e. The monoisotopic (exact) mass is 351 g/mol. The van der Waals surface area contributed by atoms with Gasteiger partial charge in [-0.15, -0.1) is 0 Å². The minimum atomic E-state index is -0.133. The van der Waals surface area contributed by atoms with Crippen molar-refractivity contribution >= 4 is 33.9 Å². The molecule has 2 heterocycles. The number of nitrogen functional groups attached to an aromatic ring is 1. The van der Waals surface area contributed by atoms with E-state index < -0.39 is 0 Å². The maximum absolute atomic E-state index is 13.0. The minimum absolute atomic E-state index is 0.133. The quantitative estimate of drug-likeness (QED) is 0.753. The van der Waals surface area contributed by atoms with Gasteiger partial charge in [-0.25, -0.2) is 9.97 Å². The summed E-state index contributed by atoms with van der Waals surface area (Å²) in [6, 6.07) is 7.95. The molecule has 3 N–H and O–H groups in total. The molecule has 0 atom stereocenters. The zero-order valence-electron chi connectivity index (χ0n) is 15.3. The highest BCUT2D eigenvalue weighted by Gasteiger charge is 2.26. The molecule has 2 aromatic heterocycles. The van der Waals surface area contributed by atoms with E-state index in [2.05, 4.69) is 19.2 Å². The van der Waals surface area contributed by atoms with E-state index in [1.807, 2.05) is 28.8 Å². The summed E-state index contributed by atoms with van der Waals surface area (Å²) in [6.07, 6.45) is 4.40. The van der Waals surface area contributed by atoms with Gasteiger partial charge in [0.05, 0.1) is 11.0 Å². The summed E-state index contributed by atoms with van der Waals surface area (Å²) < 4.78 is 1.93. The molecule has 26 heavy (non-hydrogen) atoms. The highest BCUT2D eigenvalue weighted by atomic mass is 16.1. The molecule has 4 rings (SSSR count). The van der Waals surface area contributed by atoms with Gasteiger partial charge in [-0.05, 0) is 30.9 Å². The van der Waals surface area contributed by atoms with E-state index in [-0.39, 0.29) is 11.9 Å². The molecule has 3 aromatic rings. The molecule has 1 aliphatic carbocycles. The Morgan fingerprint density at radius 1 is 1.23 bits per heavy atom. The van der Waals surface area contributed by atoms with Crippen molar-refractivity contribution in [2.45, 2.75) is 52.1 Å². The number of para-hydroxylation sites is 2. The van der Waals surface area contributed by atoms with Gasteiger partial charge < -0.3 is 15.6 Å². The number of fused-ring (bicyclic) bond motifs is 2. The molecular formula is C20H25N5O. The number of benzene rings is 1. The molecular weight excluding hydrogens is 326 g/mol. The summed E-state index contributed by atoms with van der Waals surface area (Å²) in [5.41, 5.74) is 9.75.